The Kier molecular flexibility index (Phi) is 4.85. The summed E-state index contributed by atoms with van der Waals surface area (Å²) in [5.41, 5.74) is 5.36. The van der Waals surface area contributed by atoms with Crippen molar-refractivity contribution in [3.8, 4) is 0 Å². The molecule has 1 heteroatoms. The molecule has 1 unspecified atom stereocenters. The average Bonchev–Trinajstić information content (AvgIpc) is 2.65. The van der Waals surface area contributed by atoms with Crippen LogP contribution in [0.1, 0.15) is 37.5 Å². The fourth-order valence-corrected chi connectivity index (χ4v) is 6.63. The summed E-state index contributed by atoms with van der Waals surface area (Å²) in [5.74, 6) is 0. The number of hydrogen-bond acceptors (Lipinski definition) is 0. The maximum absolute atomic E-state index is 2.43. The third-order valence-corrected chi connectivity index (χ3v) is 7.92. The molecule has 3 aromatic carbocycles. The molecule has 0 saturated carbocycles. The monoisotopic (exact) mass is 368 g/mol. The SMILES string of the molecule is CC(C)(C)P1C(c2ccccc2)=CC1=C(c1ccccc1)c1ccccc1. The minimum Gasteiger partial charge on any atom is -0.0622 e. The summed E-state index contributed by atoms with van der Waals surface area (Å²) in [6.45, 7) is 7.13. The summed E-state index contributed by atoms with van der Waals surface area (Å²) in [6.07, 6.45) is 2.43. The van der Waals surface area contributed by atoms with Crippen LogP contribution in [0.5, 0.6) is 0 Å². The fraction of sp³-hybridized carbons (Fsp3) is 0.154. The van der Waals surface area contributed by atoms with Crippen LogP contribution in [-0.4, -0.2) is 5.16 Å². The van der Waals surface area contributed by atoms with Gasteiger partial charge in [0.1, 0.15) is 0 Å². The second-order valence-electron chi connectivity index (χ2n) is 7.89. The Morgan fingerprint density at radius 2 is 1.07 bits per heavy atom. The van der Waals surface area contributed by atoms with E-state index in [0.29, 0.717) is 0 Å². The van der Waals surface area contributed by atoms with Crippen LogP contribution >= 0.6 is 7.92 Å². The zero-order valence-corrected chi connectivity index (χ0v) is 17.1. The fourth-order valence-electron chi connectivity index (χ4n) is 3.72. The zero-order valence-electron chi connectivity index (χ0n) is 16.2. The molecule has 3 aromatic rings. The molecule has 4 rings (SSSR count). The van der Waals surface area contributed by atoms with E-state index in [-0.39, 0.29) is 13.1 Å². The van der Waals surface area contributed by atoms with Crippen LogP contribution in [0.25, 0.3) is 10.9 Å². The molecule has 0 aromatic heterocycles. The number of rotatable bonds is 3. The Morgan fingerprint density at radius 1 is 0.630 bits per heavy atom. The van der Waals surface area contributed by atoms with Crippen LogP contribution in [0.4, 0.5) is 0 Å². The molecule has 1 heterocycles. The molecule has 0 radical (unpaired) electrons. The minimum atomic E-state index is -0.388. The van der Waals surface area contributed by atoms with Crippen molar-refractivity contribution < 1.29 is 0 Å². The predicted molar refractivity (Wildman–Crippen MR) is 120 cm³/mol. The first-order valence-electron chi connectivity index (χ1n) is 9.48. The first-order valence-corrected chi connectivity index (χ1v) is 10.8. The van der Waals surface area contributed by atoms with E-state index in [0.717, 1.165) is 0 Å². The van der Waals surface area contributed by atoms with Crippen molar-refractivity contribution in [2.75, 3.05) is 0 Å². The topological polar surface area (TPSA) is 0 Å². The van der Waals surface area contributed by atoms with E-state index in [1.807, 2.05) is 0 Å². The number of allylic oxidation sites excluding steroid dienone is 2. The van der Waals surface area contributed by atoms with Crippen molar-refractivity contribution in [1.82, 2.24) is 0 Å². The Balaban J connectivity index is 1.95. The number of benzene rings is 3. The molecule has 1 aliphatic heterocycles. The van der Waals surface area contributed by atoms with Crippen molar-refractivity contribution in [3.63, 3.8) is 0 Å². The van der Waals surface area contributed by atoms with Gasteiger partial charge in [-0.15, -0.1) is 0 Å². The lowest BCUT2D eigenvalue weighted by Gasteiger charge is -2.42. The van der Waals surface area contributed by atoms with Crippen LogP contribution in [0.3, 0.4) is 0 Å². The Morgan fingerprint density at radius 3 is 1.52 bits per heavy atom. The molecule has 0 bridgehead atoms. The molecule has 0 fully saturated rings. The molecule has 1 atom stereocenters. The van der Waals surface area contributed by atoms with Crippen molar-refractivity contribution in [3.05, 3.63) is 119 Å². The van der Waals surface area contributed by atoms with Crippen molar-refractivity contribution in [1.29, 1.82) is 0 Å². The van der Waals surface area contributed by atoms with E-state index >= 15 is 0 Å². The van der Waals surface area contributed by atoms with Gasteiger partial charge in [-0.25, -0.2) is 0 Å². The molecule has 0 saturated heterocycles. The summed E-state index contributed by atoms with van der Waals surface area (Å²) < 4.78 is 0. The lowest BCUT2D eigenvalue weighted by molar-refractivity contribution is 0.790. The van der Waals surface area contributed by atoms with Gasteiger partial charge >= 0.3 is 0 Å². The summed E-state index contributed by atoms with van der Waals surface area (Å²) in [7, 11) is -0.388. The molecule has 134 valence electrons. The first-order chi connectivity index (χ1) is 13.1. The van der Waals surface area contributed by atoms with E-state index in [1.54, 1.807) is 0 Å². The molecule has 0 aliphatic carbocycles. The second-order valence-corrected chi connectivity index (χ2v) is 10.9. The molecular weight excluding hydrogens is 343 g/mol. The standard InChI is InChI=1S/C26H25P/c1-26(2,3)27-23(20-13-7-4-8-14-20)19-24(27)25(21-15-9-5-10-16-21)22-17-11-6-12-18-22/h4-19H,1-3H3. The van der Waals surface area contributed by atoms with Gasteiger partial charge in [-0.05, 0) is 52.0 Å². The zero-order chi connectivity index (χ0) is 18.9. The summed E-state index contributed by atoms with van der Waals surface area (Å²) in [4.78, 5) is 0. The van der Waals surface area contributed by atoms with Gasteiger partial charge < -0.3 is 0 Å². The molecule has 0 nitrogen and oxygen atoms in total. The summed E-state index contributed by atoms with van der Waals surface area (Å²) >= 11 is 0. The Hall–Kier alpha value is -2.43. The smallest absolute Gasteiger partial charge is 0.00306 e. The third-order valence-electron chi connectivity index (χ3n) is 4.88. The summed E-state index contributed by atoms with van der Waals surface area (Å²) in [5, 5.41) is 3.24. The van der Waals surface area contributed by atoms with Crippen LogP contribution in [0.2, 0.25) is 0 Å². The van der Waals surface area contributed by atoms with Gasteiger partial charge in [-0.3, -0.25) is 0 Å². The van der Waals surface area contributed by atoms with E-state index in [9.17, 15) is 0 Å². The van der Waals surface area contributed by atoms with Gasteiger partial charge in [0, 0.05) is 0 Å². The van der Waals surface area contributed by atoms with Gasteiger partial charge in [0.15, 0.2) is 0 Å². The highest BCUT2D eigenvalue weighted by Gasteiger charge is 2.39. The summed E-state index contributed by atoms with van der Waals surface area (Å²) in [6, 6.07) is 32.5. The van der Waals surface area contributed by atoms with Gasteiger partial charge in [-0.2, -0.15) is 0 Å². The lowest BCUT2D eigenvalue weighted by Crippen LogP contribution is -2.18. The van der Waals surface area contributed by atoms with Crippen molar-refractivity contribution in [2.24, 2.45) is 0 Å². The normalized spacial score (nSPS) is 16.5. The predicted octanol–water partition coefficient (Wildman–Crippen LogP) is 7.78. The molecule has 0 amide bonds. The second kappa shape index (κ2) is 7.29. The molecule has 27 heavy (non-hydrogen) atoms. The third kappa shape index (κ3) is 3.55. The van der Waals surface area contributed by atoms with Crippen molar-refractivity contribution in [2.45, 2.75) is 25.9 Å². The Labute approximate surface area is 164 Å². The molecule has 0 N–H and O–H groups in total. The lowest BCUT2D eigenvalue weighted by atomic mass is 9.97. The molecule has 1 aliphatic rings. The highest BCUT2D eigenvalue weighted by molar-refractivity contribution is 7.76. The first kappa shape index (κ1) is 18.0. The highest BCUT2D eigenvalue weighted by Crippen LogP contribution is 2.74. The van der Waals surface area contributed by atoms with E-state index in [1.165, 1.54) is 32.9 Å². The van der Waals surface area contributed by atoms with Gasteiger partial charge in [0.2, 0.25) is 0 Å². The average molecular weight is 368 g/mol. The minimum absolute atomic E-state index is 0.222. The van der Waals surface area contributed by atoms with Gasteiger partial charge in [0.25, 0.3) is 0 Å². The largest absolute Gasteiger partial charge is 0.0622 e. The number of hydrogen-bond donors (Lipinski definition) is 0. The maximum atomic E-state index is 2.43. The van der Waals surface area contributed by atoms with E-state index in [4.69, 9.17) is 0 Å². The Bertz CT molecular complexity index is 933. The van der Waals surface area contributed by atoms with Crippen LogP contribution in [-0.2, 0) is 0 Å². The molecular formula is C26H25P. The van der Waals surface area contributed by atoms with Crippen LogP contribution < -0.4 is 0 Å². The van der Waals surface area contributed by atoms with E-state index in [2.05, 4.69) is 118 Å². The molecule has 0 spiro atoms. The van der Waals surface area contributed by atoms with Gasteiger partial charge in [-0.1, -0.05) is 112 Å². The highest BCUT2D eigenvalue weighted by atomic mass is 31.1. The quantitative estimate of drug-likeness (QED) is 0.414. The maximum Gasteiger partial charge on any atom is -0.00306 e. The van der Waals surface area contributed by atoms with Crippen molar-refractivity contribution >= 4 is 18.8 Å². The van der Waals surface area contributed by atoms with E-state index < -0.39 is 0 Å². The van der Waals surface area contributed by atoms with Crippen LogP contribution in [0, 0.1) is 0 Å². The van der Waals surface area contributed by atoms with Gasteiger partial charge in [0.05, 0.1) is 0 Å². The van der Waals surface area contributed by atoms with Crippen LogP contribution in [0.15, 0.2) is 102 Å².